The molecule has 9 heteroatoms. The van der Waals surface area contributed by atoms with Crippen LogP contribution in [0, 0.1) is 17.0 Å². The molecule has 0 saturated carbocycles. The predicted octanol–water partition coefficient (Wildman–Crippen LogP) is 6.05. The molecule has 0 fully saturated rings. The summed E-state index contributed by atoms with van der Waals surface area (Å²) in [4.78, 5) is 14.7. The van der Waals surface area contributed by atoms with E-state index in [4.69, 9.17) is 23.2 Å². The molecule has 2 aromatic heterocycles. The molecular formula is C22H17Cl2N5O2. The average Bonchev–Trinajstić information content (AvgIpc) is 3.01. The Hall–Kier alpha value is -3.42. The van der Waals surface area contributed by atoms with Crippen LogP contribution >= 0.6 is 23.2 Å². The highest BCUT2D eigenvalue weighted by atomic mass is 35.5. The number of aromatic nitrogens is 2. The van der Waals surface area contributed by atoms with Gasteiger partial charge in [-0.15, -0.1) is 0 Å². The van der Waals surface area contributed by atoms with Crippen molar-refractivity contribution in [2.45, 2.75) is 13.5 Å². The number of fused-ring (bicyclic) bond motifs is 1. The second-order valence-corrected chi connectivity index (χ2v) is 7.68. The molecule has 2 aromatic carbocycles. The van der Waals surface area contributed by atoms with Gasteiger partial charge in [0.2, 0.25) is 5.82 Å². The average molecular weight is 454 g/mol. The molecule has 0 aliphatic rings. The summed E-state index contributed by atoms with van der Waals surface area (Å²) in [5.74, 6) is 0.0816. The van der Waals surface area contributed by atoms with Crippen molar-refractivity contribution in [2.24, 2.45) is 5.10 Å². The topological polar surface area (TPSA) is 85.3 Å². The van der Waals surface area contributed by atoms with Crippen molar-refractivity contribution in [3.05, 3.63) is 97.8 Å². The number of nitrogens with zero attached hydrogens (tertiary/aromatic N) is 4. The fourth-order valence-corrected chi connectivity index (χ4v) is 3.90. The molecule has 31 heavy (non-hydrogen) atoms. The minimum absolute atomic E-state index is 0.0816. The summed E-state index contributed by atoms with van der Waals surface area (Å²) in [6.07, 6.45) is 3.12. The summed E-state index contributed by atoms with van der Waals surface area (Å²) in [6, 6.07) is 16.3. The fraction of sp³-hybridized carbons (Fsp3) is 0.0909. The highest BCUT2D eigenvalue weighted by molar-refractivity contribution is 6.35. The number of nitrogens with one attached hydrogen (secondary N) is 1. The lowest BCUT2D eigenvalue weighted by atomic mass is 10.1. The smallest absolute Gasteiger partial charge is 0.313 e. The molecule has 0 bridgehead atoms. The third kappa shape index (κ3) is 4.23. The van der Waals surface area contributed by atoms with E-state index in [1.54, 1.807) is 12.3 Å². The number of pyridine rings is 1. The lowest BCUT2D eigenvalue weighted by Gasteiger charge is -2.10. The van der Waals surface area contributed by atoms with Gasteiger partial charge in [0.05, 0.1) is 11.1 Å². The van der Waals surface area contributed by atoms with Gasteiger partial charge in [0.1, 0.15) is 0 Å². The lowest BCUT2D eigenvalue weighted by molar-refractivity contribution is -0.384. The van der Waals surface area contributed by atoms with Crippen molar-refractivity contribution < 1.29 is 4.92 Å². The number of anilines is 1. The minimum Gasteiger partial charge on any atom is -0.340 e. The van der Waals surface area contributed by atoms with E-state index in [0.29, 0.717) is 16.6 Å². The zero-order chi connectivity index (χ0) is 22.0. The standard InChI is InChI=1S/C22H17Cl2N5O2/c1-14-18(12-26-27-22-21(29(30)31)7-4-10-25-22)17-5-2-3-6-20(17)28(14)13-15-8-9-16(23)11-19(15)24/h2-12H,13H2,1H3,(H,25,27)/b26-12-. The molecule has 0 radical (unpaired) electrons. The number of benzene rings is 2. The van der Waals surface area contributed by atoms with Gasteiger partial charge in [0.25, 0.3) is 0 Å². The first-order valence-corrected chi connectivity index (χ1v) is 10.1. The lowest BCUT2D eigenvalue weighted by Crippen LogP contribution is -2.03. The SMILES string of the molecule is Cc1c(/C=N\Nc2ncccc2[N+](=O)[O-])c2ccccc2n1Cc1ccc(Cl)cc1Cl. The van der Waals surface area contributed by atoms with Crippen LogP contribution in [0.15, 0.2) is 65.9 Å². The van der Waals surface area contributed by atoms with Crippen LogP contribution in [-0.2, 0) is 6.54 Å². The molecule has 0 aliphatic carbocycles. The normalized spacial score (nSPS) is 11.3. The summed E-state index contributed by atoms with van der Waals surface area (Å²) in [5.41, 5.74) is 6.38. The number of hydrogen-bond acceptors (Lipinski definition) is 5. The third-order valence-electron chi connectivity index (χ3n) is 4.97. The van der Waals surface area contributed by atoms with Crippen LogP contribution in [0.3, 0.4) is 0 Å². The van der Waals surface area contributed by atoms with Crippen LogP contribution in [-0.4, -0.2) is 20.7 Å². The molecule has 2 heterocycles. The monoisotopic (exact) mass is 453 g/mol. The zero-order valence-electron chi connectivity index (χ0n) is 16.4. The van der Waals surface area contributed by atoms with E-state index < -0.39 is 4.92 Å². The quantitative estimate of drug-likeness (QED) is 0.218. The van der Waals surface area contributed by atoms with Gasteiger partial charge in [0.15, 0.2) is 0 Å². The van der Waals surface area contributed by atoms with Crippen LogP contribution in [0.25, 0.3) is 10.9 Å². The number of para-hydroxylation sites is 1. The number of hydrogen-bond donors (Lipinski definition) is 1. The molecule has 4 rings (SSSR count). The van der Waals surface area contributed by atoms with Gasteiger partial charge in [-0.2, -0.15) is 5.10 Å². The first-order valence-electron chi connectivity index (χ1n) is 9.36. The predicted molar refractivity (Wildman–Crippen MR) is 124 cm³/mol. The second-order valence-electron chi connectivity index (χ2n) is 6.84. The molecule has 0 amide bonds. The summed E-state index contributed by atoms with van der Waals surface area (Å²) in [5, 5.41) is 17.6. The Morgan fingerprint density at radius 2 is 2.00 bits per heavy atom. The van der Waals surface area contributed by atoms with Crippen LogP contribution in [0.1, 0.15) is 16.8 Å². The minimum atomic E-state index is -0.502. The van der Waals surface area contributed by atoms with Gasteiger partial charge in [-0.3, -0.25) is 15.5 Å². The van der Waals surface area contributed by atoms with Gasteiger partial charge in [-0.1, -0.05) is 47.5 Å². The molecule has 0 spiro atoms. The number of hydrazone groups is 1. The second kappa shape index (κ2) is 8.75. The van der Waals surface area contributed by atoms with Crippen molar-refractivity contribution in [1.29, 1.82) is 0 Å². The van der Waals surface area contributed by atoms with Gasteiger partial charge in [0, 0.05) is 51.0 Å². The van der Waals surface area contributed by atoms with Gasteiger partial charge in [-0.25, -0.2) is 4.98 Å². The van der Waals surface area contributed by atoms with Crippen LogP contribution in [0.4, 0.5) is 11.5 Å². The Balaban J connectivity index is 1.70. The van der Waals surface area contributed by atoms with Crippen molar-refractivity contribution in [2.75, 3.05) is 5.43 Å². The number of nitro groups is 1. The maximum absolute atomic E-state index is 11.2. The molecular weight excluding hydrogens is 437 g/mol. The third-order valence-corrected chi connectivity index (χ3v) is 5.56. The highest BCUT2D eigenvalue weighted by Crippen LogP contribution is 2.28. The summed E-state index contributed by atoms with van der Waals surface area (Å²) < 4.78 is 2.15. The maximum Gasteiger partial charge on any atom is 0.313 e. The summed E-state index contributed by atoms with van der Waals surface area (Å²) >= 11 is 12.4. The van der Waals surface area contributed by atoms with Gasteiger partial charge < -0.3 is 4.57 Å². The number of rotatable bonds is 6. The molecule has 156 valence electrons. The maximum atomic E-state index is 11.2. The van der Waals surface area contributed by atoms with Crippen molar-refractivity contribution in [3.8, 4) is 0 Å². The Morgan fingerprint density at radius 3 is 2.77 bits per heavy atom. The molecule has 0 unspecified atom stereocenters. The summed E-state index contributed by atoms with van der Waals surface area (Å²) in [6.45, 7) is 2.56. The van der Waals surface area contributed by atoms with Crippen LogP contribution in [0.5, 0.6) is 0 Å². The Bertz CT molecular complexity index is 1320. The van der Waals surface area contributed by atoms with Gasteiger partial charge >= 0.3 is 5.69 Å². The number of halogens is 2. The van der Waals surface area contributed by atoms with E-state index in [1.807, 2.05) is 43.3 Å². The van der Waals surface area contributed by atoms with E-state index in [2.05, 4.69) is 20.1 Å². The molecule has 0 atom stereocenters. The van der Waals surface area contributed by atoms with Crippen molar-refractivity contribution in [1.82, 2.24) is 9.55 Å². The zero-order valence-corrected chi connectivity index (χ0v) is 17.9. The van der Waals surface area contributed by atoms with Crippen LogP contribution in [0.2, 0.25) is 10.0 Å². The molecule has 0 aliphatic heterocycles. The largest absolute Gasteiger partial charge is 0.340 e. The van der Waals surface area contributed by atoms with Crippen LogP contribution < -0.4 is 5.43 Å². The molecule has 0 saturated heterocycles. The molecule has 1 N–H and O–H groups in total. The highest BCUT2D eigenvalue weighted by Gasteiger charge is 2.15. The summed E-state index contributed by atoms with van der Waals surface area (Å²) in [7, 11) is 0. The van der Waals surface area contributed by atoms with E-state index in [-0.39, 0.29) is 11.5 Å². The van der Waals surface area contributed by atoms with Crippen molar-refractivity contribution in [3.63, 3.8) is 0 Å². The molecule has 7 nitrogen and oxygen atoms in total. The van der Waals surface area contributed by atoms with Crippen molar-refractivity contribution >= 4 is 51.8 Å². The first kappa shape index (κ1) is 20.8. The first-order chi connectivity index (χ1) is 15.0. The van der Waals surface area contributed by atoms with E-state index in [0.717, 1.165) is 27.7 Å². The Kier molecular flexibility index (Phi) is 5.88. The Morgan fingerprint density at radius 1 is 1.19 bits per heavy atom. The van der Waals surface area contributed by atoms with Gasteiger partial charge in [-0.05, 0) is 36.8 Å². The van der Waals surface area contributed by atoms with E-state index in [1.165, 1.54) is 18.3 Å². The van der Waals surface area contributed by atoms with E-state index >= 15 is 0 Å². The Labute approximate surface area is 188 Å². The van der Waals surface area contributed by atoms with E-state index in [9.17, 15) is 10.1 Å². The molecule has 4 aromatic rings. The fourth-order valence-electron chi connectivity index (χ4n) is 3.43.